The van der Waals surface area contributed by atoms with E-state index < -0.39 is 23.7 Å². The number of fused-ring (bicyclic) bond motifs is 1. The SMILES string of the molecule is CC1=C(C(=O)NCc2ccccc2)[C@@H](c2ccccc2C(F)(F)F)n2ncnc2N1. The van der Waals surface area contributed by atoms with Crippen molar-refractivity contribution in [2.75, 3.05) is 5.32 Å². The van der Waals surface area contributed by atoms with Crippen molar-refractivity contribution in [1.29, 1.82) is 0 Å². The molecule has 0 aliphatic carbocycles. The van der Waals surface area contributed by atoms with Crippen molar-refractivity contribution in [3.8, 4) is 0 Å². The third-order valence-corrected chi connectivity index (χ3v) is 4.90. The van der Waals surface area contributed by atoms with Crippen molar-refractivity contribution in [2.45, 2.75) is 25.7 Å². The molecule has 6 nitrogen and oxygen atoms in total. The number of carbonyl (C=O) groups is 1. The van der Waals surface area contributed by atoms with Crippen LogP contribution in [-0.4, -0.2) is 20.7 Å². The quantitative estimate of drug-likeness (QED) is 0.681. The maximum Gasteiger partial charge on any atom is 0.416 e. The van der Waals surface area contributed by atoms with Crippen molar-refractivity contribution in [3.05, 3.63) is 88.9 Å². The van der Waals surface area contributed by atoms with Gasteiger partial charge < -0.3 is 10.6 Å². The van der Waals surface area contributed by atoms with E-state index in [1.54, 1.807) is 6.92 Å². The van der Waals surface area contributed by atoms with E-state index in [1.165, 1.54) is 29.2 Å². The summed E-state index contributed by atoms with van der Waals surface area (Å²) in [7, 11) is 0. The molecule has 1 atom stereocenters. The van der Waals surface area contributed by atoms with Crippen LogP contribution in [0, 0.1) is 0 Å². The van der Waals surface area contributed by atoms with Gasteiger partial charge in [0.25, 0.3) is 5.91 Å². The van der Waals surface area contributed by atoms with Crippen LogP contribution in [-0.2, 0) is 17.5 Å². The lowest BCUT2D eigenvalue weighted by molar-refractivity contribution is -0.138. The number of anilines is 1. The topological polar surface area (TPSA) is 71.8 Å². The molecule has 0 unspecified atom stereocenters. The number of halogens is 3. The van der Waals surface area contributed by atoms with E-state index in [9.17, 15) is 18.0 Å². The molecule has 0 spiro atoms. The van der Waals surface area contributed by atoms with Gasteiger partial charge in [0.15, 0.2) is 0 Å². The molecule has 154 valence electrons. The molecule has 1 aliphatic rings. The number of aromatic nitrogens is 3. The van der Waals surface area contributed by atoms with Crippen LogP contribution in [0.15, 0.2) is 72.2 Å². The summed E-state index contributed by atoms with van der Waals surface area (Å²) in [5.41, 5.74) is 0.562. The predicted molar refractivity (Wildman–Crippen MR) is 104 cm³/mol. The molecule has 1 aliphatic heterocycles. The van der Waals surface area contributed by atoms with Gasteiger partial charge in [-0.3, -0.25) is 4.79 Å². The minimum absolute atomic E-state index is 0.0672. The van der Waals surface area contributed by atoms with E-state index in [2.05, 4.69) is 20.7 Å². The first-order valence-corrected chi connectivity index (χ1v) is 9.22. The number of benzene rings is 2. The summed E-state index contributed by atoms with van der Waals surface area (Å²) in [6.45, 7) is 1.88. The fourth-order valence-electron chi connectivity index (χ4n) is 3.54. The molecule has 30 heavy (non-hydrogen) atoms. The highest BCUT2D eigenvalue weighted by Gasteiger charge is 2.40. The van der Waals surface area contributed by atoms with Crippen molar-refractivity contribution in [1.82, 2.24) is 20.1 Å². The van der Waals surface area contributed by atoms with E-state index in [1.807, 2.05) is 30.3 Å². The lowest BCUT2D eigenvalue weighted by Gasteiger charge is -2.30. The molecule has 1 amide bonds. The normalized spacial score (nSPS) is 16.1. The first-order chi connectivity index (χ1) is 14.4. The maximum atomic E-state index is 13.7. The lowest BCUT2D eigenvalue weighted by atomic mass is 9.91. The number of rotatable bonds is 4. The molecule has 1 aromatic heterocycles. The van der Waals surface area contributed by atoms with Crippen LogP contribution in [0.1, 0.15) is 29.7 Å². The second kappa shape index (κ2) is 7.66. The highest BCUT2D eigenvalue weighted by atomic mass is 19.4. The van der Waals surface area contributed by atoms with Crippen LogP contribution < -0.4 is 10.6 Å². The molecule has 0 bridgehead atoms. The number of hydrogen-bond acceptors (Lipinski definition) is 4. The zero-order valence-corrected chi connectivity index (χ0v) is 15.9. The summed E-state index contributed by atoms with van der Waals surface area (Å²) >= 11 is 0. The van der Waals surface area contributed by atoms with E-state index >= 15 is 0 Å². The smallest absolute Gasteiger partial charge is 0.348 e. The highest BCUT2D eigenvalue weighted by molar-refractivity contribution is 5.96. The number of nitrogens with one attached hydrogen (secondary N) is 2. The monoisotopic (exact) mass is 413 g/mol. The van der Waals surface area contributed by atoms with Crippen molar-refractivity contribution in [2.24, 2.45) is 0 Å². The molecule has 0 saturated heterocycles. The lowest BCUT2D eigenvalue weighted by Crippen LogP contribution is -2.35. The standard InChI is InChI=1S/C21H18F3N5O/c1-13-17(19(30)25-11-14-7-3-2-4-8-14)18(29-20(28-13)26-12-27-29)15-9-5-6-10-16(15)21(22,23)24/h2-10,12,18H,11H2,1H3,(H,25,30)(H,26,27,28)/t18-/m1/s1. The Morgan fingerprint density at radius 2 is 1.83 bits per heavy atom. The first-order valence-electron chi connectivity index (χ1n) is 9.22. The Balaban J connectivity index is 1.76. The number of carbonyl (C=O) groups excluding carboxylic acids is 1. The van der Waals surface area contributed by atoms with E-state index in [0.29, 0.717) is 5.70 Å². The van der Waals surface area contributed by atoms with E-state index in [4.69, 9.17) is 0 Å². The summed E-state index contributed by atoms with van der Waals surface area (Å²) in [5.74, 6) is -0.207. The Bertz CT molecular complexity index is 1110. The van der Waals surface area contributed by atoms with Gasteiger partial charge in [-0.05, 0) is 24.1 Å². The first kappa shape index (κ1) is 19.7. The summed E-state index contributed by atoms with van der Waals surface area (Å²) in [6, 6.07) is 13.4. The molecule has 0 saturated carbocycles. The van der Waals surface area contributed by atoms with Crippen LogP contribution in [0.2, 0.25) is 0 Å². The zero-order valence-electron chi connectivity index (χ0n) is 15.9. The van der Waals surface area contributed by atoms with Gasteiger partial charge in [-0.15, -0.1) is 0 Å². The summed E-state index contributed by atoms with van der Waals surface area (Å²) in [6.07, 6.45) is -3.34. The van der Waals surface area contributed by atoms with Gasteiger partial charge in [0.05, 0.1) is 11.1 Å². The van der Waals surface area contributed by atoms with Gasteiger partial charge in [0.1, 0.15) is 12.4 Å². The average molecular weight is 413 g/mol. The fourth-order valence-corrected chi connectivity index (χ4v) is 3.54. The largest absolute Gasteiger partial charge is 0.416 e. The molecule has 0 radical (unpaired) electrons. The number of alkyl halides is 3. The predicted octanol–water partition coefficient (Wildman–Crippen LogP) is 3.90. The summed E-state index contributed by atoms with van der Waals surface area (Å²) < 4.78 is 42.5. The molecule has 4 rings (SSSR count). The summed E-state index contributed by atoms with van der Waals surface area (Å²) in [5, 5.41) is 9.84. The Kier molecular flexibility index (Phi) is 5.03. The van der Waals surface area contributed by atoms with Gasteiger partial charge >= 0.3 is 6.18 Å². The molecular weight excluding hydrogens is 395 g/mol. The fraction of sp³-hybridized carbons (Fsp3) is 0.190. The molecule has 2 N–H and O–H groups in total. The summed E-state index contributed by atoms with van der Waals surface area (Å²) in [4.78, 5) is 17.2. The van der Waals surface area contributed by atoms with Gasteiger partial charge in [0.2, 0.25) is 5.95 Å². The minimum Gasteiger partial charge on any atom is -0.348 e. The number of nitrogens with zero attached hydrogens (tertiary/aromatic N) is 3. The van der Waals surface area contributed by atoms with Crippen LogP contribution in [0.25, 0.3) is 0 Å². The second-order valence-corrected chi connectivity index (χ2v) is 6.85. The Morgan fingerprint density at radius 3 is 2.57 bits per heavy atom. The Morgan fingerprint density at radius 1 is 1.13 bits per heavy atom. The van der Waals surface area contributed by atoms with Gasteiger partial charge in [-0.2, -0.15) is 23.3 Å². The van der Waals surface area contributed by atoms with E-state index in [-0.39, 0.29) is 23.6 Å². The van der Waals surface area contributed by atoms with Crippen LogP contribution in [0.5, 0.6) is 0 Å². The van der Waals surface area contributed by atoms with Crippen LogP contribution in [0.4, 0.5) is 19.1 Å². The van der Waals surface area contributed by atoms with Crippen LogP contribution in [0.3, 0.4) is 0 Å². The van der Waals surface area contributed by atoms with Crippen molar-refractivity contribution in [3.63, 3.8) is 0 Å². The molecular formula is C21H18F3N5O. The number of hydrogen-bond donors (Lipinski definition) is 2. The average Bonchev–Trinajstić information content (AvgIpc) is 3.19. The number of allylic oxidation sites excluding steroid dienone is 1. The number of amides is 1. The van der Waals surface area contributed by atoms with Crippen LogP contribution >= 0.6 is 0 Å². The zero-order chi connectivity index (χ0) is 21.3. The van der Waals surface area contributed by atoms with Gasteiger partial charge in [-0.1, -0.05) is 48.5 Å². The Labute approximate surface area is 170 Å². The van der Waals surface area contributed by atoms with Crippen molar-refractivity contribution < 1.29 is 18.0 Å². The maximum absolute atomic E-state index is 13.7. The highest BCUT2D eigenvalue weighted by Crippen LogP contribution is 2.41. The third-order valence-electron chi connectivity index (χ3n) is 4.90. The molecule has 2 heterocycles. The van der Waals surface area contributed by atoms with Crippen molar-refractivity contribution >= 4 is 11.9 Å². The Hall–Kier alpha value is -3.62. The molecule has 2 aromatic carbocycles. The molecule has 9 heteroatoms. The minimum atomic E-state index is -4.58. The van der Waals surface area contributed by atoms with Gasteiger partial charge in [0, 0.05) is 12.2 Å². The van der Waals surface area contributed by atoms with E-state index in [0.717, 1.165) is 11.6 Å². The van der Waals surface area contributed by atoms with Gasteiger partial charge in [-0.25, -0.2) is 4.68 Å². The molecule has 3 aromatic rings. The third kappa shape index (κ3) is 3.66. The molecule has 0 fully saturated rings. The second-order valence-electron chi connectivity index (χ2n) is 6.85.